The number of anilines is 1. The number of hydrogen-bond donors (Lipinski definition) is 1. The summed E-state index contributed by atoms with van der Waals surface area (Å²) in [5.41, 5.74) is 12.5. The number of nitrogen functional groups attached to an aromatic ring is 1. The minimum atomic E-state index is 0.871. The Morgan fingerprint density at radius 1 is 1.20 bits per heavy atom. The Morgan fingerprint density at radius 2 is 1.96 bits per heavy atom. The number of fused-ring (bicyclic) bond motifs is 2. The Labute approximate surface area is 164 Å². The van der Waals surface area contributed by atoms with Gasteiger partial charge in [-0.05, 0) is 34.8 Å². The van der Waals surface area contributed by atoms with E-state index in [1.807, 2.05) is 4.08 Å². The van der Waals surface area contributed by atoms with Crippen molar-refractivity contribution >= 4 is 66.1 Å². The normalized spacial score (nSPS) is 12.0. The van der Waals surface area contributed by atoms with Gasteiger partial charge in [-0.3, -0.25) is 0 Å². The number of benzene rings is 2. The van der Waals surface area contributed by atoms with Gasteiger partial charge in [0.05, 0.1) is 29.4 Å². The van der Waals surface area contributed by atoms with Crippen LogP contribution in [0.15, 0.2) is 40.5 Å². The average molecular weight is 460 g/mol. The van der Waals surface area contributed by atoms with Crippen LogP contribution in [-0.4, -0.2) is 4.57 Å². The molecular weight excluding hydrogens is 441 g/mol. The number of aromatic nitrogens is 2. The molecule has 2 aromatic heterocycles. The van der Waals surface area contributed by atoms with Gasteiger partial charge in [0, 0.05) is 10.9 Å². The summed E-state index contributed by atoms with van der Waals surface area (Å²) in [6.45, 7) is 2.18. The molecule has 0 saturated heterocycles. The standard InChI is InChI=1S/C20H19IN3S/c1-12-8-9-13-14(10-11-21)19(22)25-18(13)17(12)20-23(2)15-6-4-5-7-16(15)24(20)3/h4-11H,22H2,1-3H3/q+1/b11-10-. The summed E-state index contributed by atoms with van der Waals surface area (Å²) in [6, 6.07) is 12.9. The Bertz CT molecular complexity index is 1110. The van der Waals surface area contributed by atoms with Gasteiger partial charge in [0.1, 0.15) is 0 Å². The lowest BCUT2D eigenvalue weighted by Crippen LogP contribution is -2.30. The number of halogens is 1. The van der Waals surface area contributed by atoms with E-state index in [-0.39, 0.29) is 0 Å². The van der Waals surface area contributed by atoms with E-state index in [9.17, 15) is 0 Å². The van der Waals surface area contributed by atoms with Crippen molar-refractivity contribution in [1.82, 2.24) is 4.57 Å². The molecule has 0 spiro atoms. The highest BCUT2D eigenvalue weighted by Gasteiger charge is 2.26. The quantitative estimate of drug-likeness (QED) is 0.325. The number of para-hydroxylation sites is 2. The molecule has 3 nitrogen and oxygen atoms in total. The molecule has 0 bridgehead atoms. The van der Waals surface area contributed by atoms with Crippen LogP contribution in [0.1, 0.15) is 11.1 Å². The first-order valence-corrected chi connectivity index (χ1v) is 10.1. The second kappa shape index (κ2) is 6.14. The van der Waals surface area contributed by atoms with Crippen molar-refractivity contribution in [3.63, 3.8) is 0 Å². The fourth-order valence-electron chi connectivity index (χ4n) is 3.63. The summed E-state index contributed by atoms with van der Waals surface area (Å²) in [6.07, 6.45) is 2.09. The molecule has 2 N–H and O–H groups in total. The van der Waals surface area contributed by atoms with Crippen molar-refractivity contribution in [3.05, 3.63) is 51.6 Å². The lowest BCUT2D eigenvalue weighted by Gasteiger charge is -2.06. The van der Waals surface area contributed by atoms with Crippen LogP contribution in [-0.2, 0) is 14.1 Å². The molecule has 4 aromatic rings. The third kappa shape index (κ3) is 2.40. The van der Waals surface area contributed by atoms with Crippen molar-refractivity contribution < 1.29 is 4.57 Å². The van der Waals surface area contributed by atoms with Crippen molar-refractivity contribution in [2.75, 3.05) is 5.73 Å². The summed E-state index contributed by atoms with van der Waals surface area (Å²) in [5, 5.41) is 2.09. The third-order valence-electron chi connectivity index (χ3n) is 4.83. The first kappa shape index (κ1) is 16.6. The van der Waals surface area contributed by atoms with E-state index < -0.39 is 0 Å². The molecule has 0 atom stereocenters. The number of aryl methyl sites for hydroxylation is 3. The summed E-state index contributed by atoms with van der Waals surface area (Å²) >= 11 is 3.92. The van der Waals surface area contributed by atoms with E-state index in [4.69, 9.17) is 5.73 Å². The lowest BCUT2D eigenvalue weighted by atomic mass is 10.0. The van der Waals surface area contributed by atoms with E-state index in [0.717, 1.165) is 10.6 Å². The number of thiophene rings is 1. The van der Waals surface area contributed by atoms with Crippen LogP contribution in [0.5, 0.6) is 0 Å². The fraction of sp³-hybridized carbons (Fsp3) is 0.150. The van der Waals surface area contributed by atoms with Crippen LogP contribution in [0.3, 0.4) is 0 Å². The molecule has 5 heteroatoms. The largest absolute Gasteiger partial charge is 0.390 e. The summed E-state index contributed by atoms with van der Waals surface area (Å²) < 4.78 is 7.83. The van der Waals surface area contributed by atoms with Gasteiger partial charge in [-0.15, -0.1) is 11.3 Å². The second-order valence-electron chi connectivity index (χ2n) is 6.24. The van der Waals surface area contributed by atoms with Gasteiger partial charge in [-0.2, -0.15) is 0 Å². The lowest BCUT2D eigenvalue weighted by molar-refractivity contribution is -0.634. The fourth-order valence-corrected chi connectivity index (χ4v) is 5.14. The zero-order chi connectivity index (χ0) is 17.7. The molecule has 0 saturated carbocycles. The smallest absolute Gasteiger partial charge is 0.291 e. The van der Waals surface area contributed by atoms with Gasteiger partial charge in [-0.1, -0.05) is 46.9 Å². The van der Waals surface area contributed by atoms with E-state index in [1.54, 1.807) is 11.3 Å². The monoisotopic (exact) mass is 460 g/mol. The molecular formula is C20H19IN3S+. The highest BCUT2D eigenvalue weighted by Crippen LogP contribution is 2.42. The number of imidazole rings is 1. The Balaban J connectivity index is 2.15. The molecule has 2 aromatic carbocycles. The molecule has 0 aliphatic heterocycles. The summed E-state index contributed by atoms with van der Waals surface area (Å²) in [5.74, 6) is 1.20. The van der Waals surface area contributed by atoms with Gasteiger partial charge < -0.3 is 5.73 Å². The zero-order valence-corrected chi connectivity index (χ0v) is 17.4. The molecule has 2 heterocycles. The second-order valence-corrected chi connectivity index (χ2v) is 8.01. The van der Waals surface area contributed by atoms with Gasteiger partial charge in [0.2, 0.25) is 0 Å². The highest BCUT2D eigenvalue weighted by molar-refractivity contribution is 14.1. The van der Waals surface area contributed by atoms with Crippen molar-refractivity contribution in [1.29, 1.82) is 0 Å². The van der Waals surface area contributed by atoms with Crippen LogP contribution in [0.2, 0.25) is 0 Å². The first-order chi connectivity index (χ1) is 12.0. The predicted octanol–water partition coefficient (Wildman–Crippen LogP) is 5.18. The van der Waals surface area contributed by atoms with Crippen LogP contribution in [0.25, 0.3) is 38.6 Å². The average Bonchev–Trinajstić information content (AvgIpc) is 3.05. The molecule has 0 unspecified atom stereocenters. The molecule has 126 valence electrons. The Hall–Kier alpha value is -1.86. The summed E-state index contributed by atoms with van der Waals surface area (Å²) in [7, 11) is 4.27. The van der Waals surface area contributed by atoms with Gasteiger partial charge >= 0.3 is 0 Å². The molecule has 0 amide bonds. The number of rotatable bonds is 2. The number of hydrogen-bond acceptors (Lipinski definition) is 2. The number of nitrogens with zero attached hydrogens (tertiary/aromatic N) is 2. The van der Waals surface area contributed by atoms with E-state index >= 15 is 0 Å². The maximum Gasteiger partial charge on any atom is 0.291 e. The first-order valence-electron chi connectivity index (χ1n) is 8.06. The van der Waals surface area contributed by atoms with Crippen LogP contribution in [0.4, 0.5) is 5.00 Å². The van der Waals surface area contributed by atoms with Crippen molar-refractivity contribution in [2.24, 2.45) is 14.1 Å². The van der Waals surface area contributed by atoms with Crippen molar-refractivity contribution in [3.8, 4) is 11.4 Å². The third-order valence-corrected chi connectivity index (χ3v) is 6.25. The topological polar surface area (TPSA) is 34.8 Å². The Morgan fingerprint density at radius 3 is 2.68 bits per heavy atom. The Kier molecular flexibility index (Phi) is 4.08. The van der Waals surface area contributed by atoms with E-state index in [1.165, 1.54) is 38.1 Å². The van der Waals surface area contributed by atoms with Crippen molar-refractivity contribution in [2.45, 2.75) is 6.92 Å². The maximum absolute atomic E-state index is 6.34. The summed E-state index contributed by atoms with van der Waals surface area (Å²) in [4.78, 5) is 0. The van der Waals surface area contributed by atoms with Gasteiger partial charge in [0.25, 0.3) is 5.82 Å². The molecule has 0 fully saturated rings. The molecule has 25 heavy (non-hydrogen) atoms. The number of nitrogens with two attached hydrogens (primary N) is 1. The molecule has 0 radical (unpaired) electrons. The van der Waals surface area contributed by atoms with Crippen LogP contribution < -0.4 is 10.3 Å². The molecule has 0 aliphatic carbocycles. The minimum absolute atomic E-state index is 0.871. The SMILES string of the molecule is Cc1ccc2c(/C=C\I)c(N)sc2c1-c1n(C)c2ccccc2[n+]1C. The minimum Gasteiger partial charge on any atom is -0.390 e. The maximum atomic E-state index is 6.34. The highest BCUT2D eigenvalue weighted by atomic mass is 127. The molecule has 0 aliphatic rings. The van der Waals surface area contributed by atoms with E-state index in [2.05, 4.69) is 95.2 Å². The van der Waals surface area contributed by atoms with Gasteiger partial charge in [-0.25, -0.2) is 9.13 Å². The zero-order valence-electron chi connectivity index (χ0n) is 14.4. The van der Waals surface area contributed by atoms with Crippen LogP contribution >= 0.6 is 33.9 Å². The van der Waals surface area contributed by atoms with Crippen LogP contribution in [0, 0.1) is 6.92 Å². The molecule has 4 rings (SSSR count). The predicted molar refractivity (Wildman–Crippen MR) is 117 cm³/mol. The van der Waals surface area contributed by atoms with Gasteiger partial charge in [0.15, 0.2) is 11.0 Å². The van der Waals surface area contributed by atoms with E-state index in [0.29, 0.717) is 0 Å².